The zero-order chi connectivity index (χ0) is 18.4. The molecule has 2 aromatic rings. The molecule has 0 fully saturated rings. The molecule has 26 heavy (non-hydrogen) atoms. The van der Waals surface area contributed by atoms with Gasteiger partial charge in [-0.25, -0.2) is 5.48 Å². The van der Waals surface area contributed by atoms with Crippen molar-refractivity contribution in [2.45, 2.75) is 13.5 Å². The maximum absolute atomic E-state index is 5.83. The van der Waals surface area contributed by atoms with Crippen LogP contribution in [0.2, 0.25) is 0 Å². The Bertz CT molecular complexity index is 801. The van der Waals surface area contributed by atoms with E-state index in [0.29, 0.717) is 18.1 Å². The highest BCUT2D eigenvalue weighted by Gasteiger charge is 2.18. The highest BCUT2D eigenvalue weighted by Crippen LogP contribution is 2.15. The van der Waals surface area contributed by atoms with E-state index in [2.05, 4.69) is 21.4 Å². The molecule has 0 unspecified atom stereocenters. The third kappa shape index (κ3) is 4.37. The normalized spacial score (nSPS) is 14.8. The summed E-state index contributed by atoms with van der Waals surface area (Å²) in [5, 5.41) is 6.86. The number of rotatable bonds is 7. The SMILES string of the molecule is COc1ccc(CONC(Nc2ccc(C)cc2)=C2NON=C2N)cc1. The third-order valence-electron chi connectivity index (χ3n) is 3.69. The molecule has 0 aromatic heterocycles. The Morgan fingerprint density at radius 3 is 2.50 bits per heavy atom. The standard InChI is InChI=1S/C18H21N5O3/c1-12-3-7-14(8-4-12)20-18(16-17(19)22-26-21-16)23-25-11-13-5-9-15(24-2)10-6-13/h3-10,20-21,23H,11H2,1-2H3,(H2,19,22). The topological polar surface area (TPSA) is 102 Å². The van der Waals surface area contributed by atoms with Gasteiger partial charge in [-0.05, 0) is 41.9 Å². The quantitative estimate of drug-likeness (QED) is 0.564. The van der Waals surface area contributed by atoms with Crippen LogP contribution in [-0.2, 0) is 16.4 Å². The highest BCUT2D eigenvalue weighted by molar-refractivity contribution is 5.97. The minimum Gasteiger partial charge on any atom is -0.497 e. The first-order chi connectivity index (χ1) is 12.7. The maximum Gasteiger partial charge on any atom is 0.196 e. The summed E-state index contributed by atoms with van der Waals surface area (Å²) < 4.78 is 5.14. The van der Waals surface area contributed by atoms with Crippen LogP contribution in [0.15, 0.2) is 65.2 Å². The highest BCUT2D eigenvalue weighted by atomic mass is 16.8. The summed E-state index contributed by atoms with van der Waals surface area (Å²) in [5.41, 5.74) is 14.8. The van der Waals surface area contributed by atoms with Gasteiger partial charge in [-0.1, -0.05) is 29.8 Å². The first-order valence-electron chi connectivity index (χ1n) is 8.00. The molecule has 136 valence electrons. The van der Waals surface area contributed by atoms with Crippen LogP contribution < -0.4 is 26.7 Å². The van der Waals surface area contributed by atoms with Crippen LogP contribution in [0.25, 0.3) is 0 Å². The molecule has 8 heteroatoms. The zero-order valence-electron chi connectivity index (χ0n) is 14.6. The number of methoxy groups -OCH3 is 1. The van der Waals surface area contributed by atoms with Gasteiger partial charge in [-0.2, -0.15) is 5.48 Å². The minimum absolute atomic E-state index is 0.208. The van der Waals surface area contributed by atoms with Gasteiger partial charge in [0.1, 0.15) is 5.75 Å². The van der Waals surface area contributed by atoms with Crippen molar-refractivity contribution in [3.05, 3.63) is 71.2 Å². The summed E-state index contributed by atoms with van der Waals surface area (Å²) in [7, 11) is 1.63. The van der Waals surface area contributed by atoms with Gasteiger partial charge in [-0.15, -0.1) is 0 Å². The lowest BCUT2D eigenvalue weighted by Crippen LogP contribution is -2.30. The zero-order valence-corrected chi connectivity index (χ0v) is 14.6. The van der Waals surface area contributed by atoms with Crippen molar-refractivity contribution in [3.8, 4) is 5.75 Å². The molecule has 5 N–H and O–H groups in total. The van der Waals surface area contributed by atoms with Gasteiger partial charge >= 0.3 is 0 Å². The number of nitrogens with one attached hydrogen (secondary N) is 3. The second-order valence-electron chi connectivity index (χ2n) is 5.65. The van der Waals surface area contributed by atoms with Gasteiger partial charge in [0.05, 0.1) is 13.7 Å². The van der Waals surface area contributed by atoms with Crippen LogP contribution in [0.3, 0.4) is 0 Å². The molecular weight excluding hydrogens is 334 g/mol. The van der Waals surface area contributed by atoms with Crippen molar-refractivity contribution in [2.24, 2.45) is 10.9 Å². The van der Waals surface area contributed by atoms with Gasteiger partial charge < -0.3 is 15.8 Å². The minimum atomic E-state index is 0.208. The van der Waals surface area contributed by atoms with E-state index in [1.807, 2.05) is 55.5 Å². The van der Waals surface area contributed by atoms with Gasteiger partial charge in [0.15, 0.2) is 17.4 Å². The summed E-state index contributed by atoms with van der Waals surface area (Å²) in [4.78, 5) is 10.4. The molecule has 8 nitrogen and oxygen atoms in total. The summed E-state index contributed by atoms with van der Waals surface area (Å²) in [6.07, 6.45) is 0. The van der Waals surface area contributed by atoms with Crippen molar-refractivity contribution in [1.82, 2.24) is 11.0 Å². The number of hydroxylamine groups is 2. The molecule has 0 bridgehead atoms. The van der Waals surface area contributed by atoms with Gasteiger partial charge in [0.25, 0.3) is 0 Å². The summed E-state index contributed by atoms with van der Waals surface area (Å²) in [6.45, 7) is 2.37. The lowest BCUT2D eigenvalue weighted by molar-refractivity contribution is 0.0460. The average Bonchev–Trinajstić information content (AvgIpc) is 3.09. The van der Waals surface area contributed by atoms with Gasteiger partial charge in [-0.3, -0.25) is 9.78 Å². The van der Waals surface area contributed by atoms with Crippen LogP contribution in [0, 0.1) is 6.92 Å². The van der Waals surface area contributed by atoms with Crippen molar-refractivity contribution in [1.29, 1.82) is 0 Å². The van der Waals surface area contributed by atoms with Crippen LogP contribution >= 0.6 is 0 Å². The number of nitrogens with zero attached hydrogens (tertiary/aromatic N) is 1. The molecule has 1 heterocycles. The Balaban J connectivity index is 1.67. The van der Waals surface area contributed by atoms with Crippen molar-refractivity contribution < 1.29 is 14.5 Å². The number of anilines is 1. The predicted molar refractivity (Wildman–Crippen MR) is 98.6 cm³/mol. The summed E-state index contributed by atoms with van der Waals surface area (Å²) in [5.74, 6) is 1.49. The van der Waals surface area contributed by atoms with E-state index < -0.39 is 0 Å². The van der Waals surface area contributed by atoms with Crippen molar-refractivity contribution in [3.63, 3.8) is 0 Å². The number of oxime groups is 1. The molecule has 1 aliphatic rings. The fourth-order valence-electron chi connectivity index (χ4n) is 2.23. The first-order valence-corrected chi connectivity index (χ1v) is 8.00. The molecule has 2 aromatic carbocycles. The Kier molecular flexibility index (Phi) is 5.45. The summed E-state index contributed by atoms with van der Waals surface area (Å²) in [6, 6.07) is 15.5. The Labute approximate surface area is 151 Å². The first kappa shape index (κ1) is 17.4. The molecular formula is C18H21N5O3. The second kappa shape index (κ2) is 8.13. The molecule has 0 aliphatic carbocycles. The second-order valence-corrected chi connectivity index (χ2v) is 5.65. The number of benzene rings is 2. The lowest BCUT2D eigenvalue weighted by atomic mass is 10.2. The Hall–Kier alpha value is -3.39. The van der Waals surface area contributed by atoms with E-state index >= 15 is 0 Å². The van der Waals surface area contributed by atoms with E-state index in [0.717, 1.165) is 22.6 Å². The van der Waals surface area contributed by atoms with Gasteiger partial charge in [0.2, 0.25) is 0 Å². The molecule has 1 aliphatic heterocycles. The maximum atomic E-state index is 5.83. The molecule has 0 atom stereocenters. The van der Waals surface area contributed by atoms with E-state index in [-0.39, 0.29) is 5.84 Å². The van der Waals surface area contributed by atoms with E-state index in [1.54, 1.807) is 7.11 Å². The lowest BCUT2D eigenvalue weighted by Gasteiger charge is -2.16. The van der Waals surface area contributed by atoms with Crippen LogP contribution in [0.1, 0.15) is 11.1 Å². The van der Waals surface area contributed by atoms with Crippen LogP contribution in [0.5, 0.6) is 5.75 Å². The number of ether oxygens (including phenoxy) is 1. The van der Waals surface area contributed by atoms with E-state index in [9.17, 15) is 0 Å². The number of nitrogens with two attached hydrogens (primary N) is 1. The molecule has 0 radical (unpaired) electrons. The largest absolute Gasteiger partial charge is 0.497 e. The smallest absolute Gasteiger partial charge is 0.196 e. The monoisotopic (exact) mass is 355 g/mol. The molecule has 0 saturated heterocycles. The number of hydrogen-bond donors (Lipinski definition) is 4. The van der Waals surface area contributed by atoms with Crippen LogP contribution in [0.4, 0.5) is 5.69 Å². The molecule has 0 spiro atoms. The molecule has 0 saturated carbocycles. The van der Waals surface area contributed by atoms with Crippen molar-refractivity contribution in [2.75, 3.05) is 12.4 Å². The number of amidine groups is 1. The average molecular weight is 355 g/mol. The van der Waals surface area contributed by atoms with Crippen molar-refractivity contribution >= 4 is 11.5 Å². The molecule has 0 amide bonds. The number of hydrogen-bond acceptors (Lipinski definition) is 8. The third-order valence-corrected chi connectivity index (χ3v) is 3.69. The molecule has 3 rings (SSSR count). The predicted octanol–water partition coefficient (Wildman–Crippen LogP) is 2.11. The fraction of sp³-hybridized carbons (Fsp3) is 0.167. The van der Waals surface area contributed by atoms with Gasteiger partial charge in [0, 0.05) is 5.69 Å². The Morgan fingerprint density at radius 2 is 1.88 bits per heavy atom. The summed E-state index contributed by atoms with van der Waals surface area (Å²) >= 11 is 0. The van der Waals surface area contributed by atoms with Crippen LogP contribution in [-0.4, -0.2) is 12.9 Å². The van der Waals surface area contributed by atoms with E-state index in [4.69, 9.17) is 20.2 Å². The fourth-order valence-corrected chi connectivity index (χ4v) is 2.23. The van der Waals surface area contributed by atoms with E-state index in [1.165, 1.54) is 0 Å². The number of aryl methyl sites for hydroxylation is 1. The Morgan fingerprint density at radius 1 is 1.15 bits per heavy atom.